The Kier molecular flexibility index (Phi) is 10.0. The molecule has 4 aliphatic heterocycles. The molecule has 2 spiro atoms. The van der Waals surface area contributed by atoms with Gasteiger partial charge >= 0.3 is 11.9 Å². The highest BCUT2D eigenvalue weighted by Crippen LogP contribution is 2.46. The van der Waals surface area contributed by atoms with E-state index in [4.69, 9.17) is 28.4 Å². The van der Waals surface area contributed by atoms with Crippen LogP contribution < -0.4 is 10.6 Å². The molecule has 5 rings (SSSR count). The van der Waals surface area contributed by atoms with Crippen molar-refractivity contribution in [1.82, 2.24) is 10.6 Å². The lowest BCUT2D eigenvalue weighted by atomic mass is 9.77. The molecule has 48 heavy (non-hydrogen) atoms. The van der Waals surface area contributed by atoms with Gasteiger partial charge in [0, 0.05) is 47.8 Å². The van der Waals surface area contributed by atoms with Crippen molar-refractivity contribution < 1.29 is 38.0 Å². The summed E-state index contributed by atoms with van der Waals surface area (Å²) in [7, 11) is 0. The summed E-state index contributed by atoms with van der Waals surface area (Å²) in [5.41, 5.74) is -0.615. The fourth-order valence-electron chi connectivity index (χ4n) is 8.67. The maximum absolute atomic E-state index is 13.1. The van der Waals surface area contributed by atoms with E-state index in [9.17, 15) is 9.59 Å². The van der Waals surface area contributed by atoms with Crippen LogP contribution in [-0.2, 0) is 28.4 Å². The molecular weight excluding hydrogens is 612 g/mol. The number of hydrogen-bond acceptors (Lipinski definition) is 10. The lowest BCUT2D eigenvalue weighted by Gasteiger charge is -2.55. The molecule has 10 nitrogen and oxygen atoms in total. The predicted molar refractivity (Wildman–Crippen MR) is 183 cm³/mol. The van der Waals surface area contributed by atoms with Gasteiger partial charge in [-0.2, -0.15) is 0 Å². The highest BCUT2D eigenvalue weighted by Gasteiger charge is 2.55. The van der Waals surface area contributed by atoms with Crippen molar-refractivity contribution in [2.75, 3.05) is 39.6 Å². The zero-order chi connectivity index (χ0) is 35.3. The molecule has 0 saturated carbocycles. The molecule has 0 aliphatic carbocycles. The standard InChI is InChI=1S/C38H60N2O8/c1-11-35(23-45-37(46-24-35)17-31(3,4)39-32(5,6)18-37)21-43-29(41)27-13-15-28(16-14-27)30(42)44-22-36(12-2)25-47-38(48-26-36)19-33(7,8)40-34(9,10)20-38/h13-16,39-40H,11-12,17-26H2,1-10H3. The van der Waals surface area contributed by atoms with E-state index in [0.717, 1.165) is 38.5 Å². The van der Waals surface area contributed by atoms with Crippen LogP contribution in [0.2, 0.25) is 0 Å². The molecule has 4 fully saturated rings. The lowest BCUT2D eigenvalue weighted by molar-refractivity contribution is -0.332. The van der Waals surface area contributed by atoms with Crippen molar-refractivity contribution in [3.8, 4) is 0 Å². The van der Waals surface area contributed by atoms with E-state index >= 15 is 0 Å². The molecule has 0 aromatic heterocycles. The van der Waals surface area contributed by atoms with Gasteiger partial charge in [-0.3, -0.25) is 0 Å². The number of piperidine rings is 2. The van der Waals surface area contributed by atoms with Gasteiger partial charge in [0.05, 0.1) is 48.4 Å². The van der Waals surface area contributed by atoms with E-state index in [1.54, 1.807) is 24.3 Å². The smallest absolute Gasteiger partial charge is 0.338 e. The molecule has 1 aromatic carbocycles. The van der Waals surface area contributed by atoms with Crippen LogP contribution in [0.4, 0.5) is 0 Å². The SMILES string of the molecule is CCC1(COC(=O)c2ccc(C(=O)OCC3(CC)COC4(CC(C)(C)NC(C)(C)C4)OC3)cc2)COC2(CC(C)(C)NC(C)(C)C2)OC1. The zero-order valence-corrected chi connectivity index (χ0v) is 31.1. The zero-order valence-electron chi connectivity index (χ0n) is 31.1. The number of nitrogens with one attached hydrogen (secondary N) is 2. The van der Waals surface area contributed by atoms with E-state index in [2.05, 4.69) is 79.9 Å². The van der Waals surface area contributed by atoms with E-state index in [1.807, 2.05) is 0 Å². The van der Waals surface area contributed by atoms with Crippen molar-refractivity contribution in [3.63, 3.8) is 0 Å². The summed E-state index contributed by atoms with van der Waals surface area (Å²) in [4.78, 5) is 26.1. The van der Waals surface area contributed by atoms with Crippen molar-refractivity contribution in [2.45, 2.75) is 141 Å². The largest absolute Gasteiger partial charge is 0.461 e. The molecule has 1 aromatic rings. The maximum Gasteiger partial charge on any atom is 0.338 e. The number of carbonyl (C=O) groups excluding carboxylic acids is 2. The molecular formula is C38H60N2O8. The van der Waals surface area contributed by atoms with Crippen LogP contribution in [0.5, 0.6) is 0 Å². The fourth-order valence-corrected chi connectivity index (χ4v) is 8.67. The van der Waals surface area contributed by atoms with Gasteiger partial charge in [0.2, 0.25) is 0 Å². The van der Waals surface area contributed by atoms with Crippen LogP contribution in [0.25, 0.3) is 0 Å². The van der Waals surface area contributed by atoms with Crippen molar-refractivity contribution in [3.05, 3.63) is 35.4 Å². The molecule has 0 atom stereocenters. The third-order valence-corrected chi connectivity index (χ3v) is 10.6. The van der Waals surface area contributed by atoms with Gasteiger partial charge in [-0.1, -0.05) is 13.8 Å². The second-order valence-corrected chi connectivity index (χ2v) is 17.9. The van der Waals surface area contributed by atoms with Gasteiger partial charge in [0.1, 0.15) is 13.2 Å². The normalized spacial score (nSPS) is 27.2. The predicted octanol–water partition coefficient (Wildman–Crippen LogP) is 6.16. The van der Waals surface area contributed by atoms with Gasteiger partial charge in [0.15, 0.2) is 11.6 Å². The summed E-state index contributed by atoms with van der Waals surface area (Å²) in [6, 6.07) is 6.41. The van der Waals surface area contributed by atoms with Crippen LogP contribution in [0.15, 0.2) is 24.3 Å². The minimum absolute atomic E-state index is 0.124. The number of benzene rings is 1. The Labute approximate surface area is 287 Å². The molecule has 4 aliphatic rings. The molecule has 0 radical (unpaired) electrons. The van der Waals surface area contributed by atoms with Crippen LogP contribution in [0.1, 0.15) is 128 Å². The van der Waals surface area contributed by atoms with Gasteiger partial charge in [-0.25, -0.2) is 9.59 Å². The van der Waals surface area contributed by atoms with Crippen LogP contribution in [0, 0.1) is 10.8 Å². The molecule has 0 amide bonds. The fraction of sp³-hybridized carbons (Fsp3) is 0.789. The van der Waals surface area contributed by atoms with E-state index in [-0.39, 0.29) is 35.4 Å². The molecule has 0 bridgehead atoms. The summed E-state index contributed by atoms with van der Waals surface area (Å²) in [5, 5.41) is 7.36. The Balaban J connectivity index is 1.11. The average Bonchev–Trinajstić information content (AvgIpc) is 2.98. The van der Waals surface area contributed by atoms with E-state index in [1.165, 1.54) is 0 Å². The Bertz CT molecular complexity index is 1180. The molecule has 4 saturated heterocycles. The average molecular weight is 673 g/mol. The van der Waals surface area contributed by atoms with Gasteiger partial charge in [0.25, 0.3) is 0 Å². The number of hydrogen-bond donors (Lipinski definition) is 2. The number of ether oxygens (including phenoxy) is 6. The monoisotopic (exact) mass is 672 g/mol. The van der Waals surface area contributed by atoms with E-state index in [0.29, 0.717) is 37.6 Å². The second kappa shape index (κ2) is 12.9. The van der Waals surface area contributed by atoms with Crippen LogP contribution in [-0.4, -0.2) is 85.3 Å². The topological polar surface area (TPSA) is 114 Å². The summed E-state index contributed by atoms with van der Waals surface area (Å²) in [5.74, 6) is -2.20. The number of rotatable bonds is 8. The van der Waals surface area contributed by atoms with Gasteiger partial charge < -0.3 is 39.1 Å². The first-order valence-corrected chi connectivity index (χ1v) is 17.8. The first-order chi connectivity index (χ1) is 22.2. The minimum Gasteiger partial charge on any atom is -0.461 e. The Morgan fingerprint density at radius 2 is 0.833 bits per heavy atom. The number of esters is 2. The van der Waals surface area contributed by atoms with Crippen molar-refractivity contribution >= 4 is 11.9 Å². The lowest BCUT2D eigenvalue weighted by Crippen LogP contribution is -2.67. The first kappa shape index (κ1) is 37.2. The molecule has 0 unspecified atom stereocenters. The Morgan fingerprint density at radius 1 is 0.562 bits per heavy atom. The highest BCUT2D eigenvalue weighted by molar-refractivity contribution is 5.93. The summed E-state index contributed by atoms with van der Waals surface area (Å²) in [6.45, 7) is 23.7. The van der Waals surface area contributed by atoms with Gasteiger partial charge in [-0.05, 0) is 92.5 Å². The molecule has 270 valence electrons. The number of carbonyl (C=O) groups is 2. The highest BCUT2D eigenvalue weighted by atomic mass is 16.7. The minimum atomic E-state index is -0.650. The van der Waals surface area contributed by atoms with Crippen molar-refractivity contribution in [1.29, 1.82) is 0 Å². The summed E-state index contributed by atoms with van der Waals surface area (Å²) >= 11 is 0. The van der Waals surface area contributed by atoms with Crippen LogP contribution in [0.3, 0.4) is 0 Å². The summed E-state index contributed by atoms with van der Waals surface area (Å²) < 4.78 is 37.5. The van der Waals surface area contributed by atoms with E-state index < -0.39 is 34.3 Å². The third kappa shape index (κ3) is 8.44. The Hall–Kier alpha value is -2.08. The molecule has 4 heterocycles. The first-order valence-electron chi connectivity index (χ1n) is 17.8. The molecule has 10 heteroatoms. The van der Waals surface area contributed by atoms with Crippen molar-refractivity contribution in [2.24, 2.45) is 10.8 Å². The maximum atomic E-state index is 13.1. The molecule has 2 N–H and O–H groups in total. The van der Waals surface area contributed by atoms with Crippen LogP contribution >= 0.6 is 0 Å². The third-order valence-electron chi connectivity index (χ3n) is 10.6. The second-order valence-electron chi connectivity index (χ2n) is 17.9. The Morgan fingerprint density at radius 3 is 1.08 bits per heavy atom. The quantitative estimate of drug-likeness (QED) is 0.312. The van der Waals surface area contributed by atoms with Gasteiger partial charge in [-0.15, -0.1) is 0 Å². The summed E-state index contributed by atoms with van der Waals surface area (Å²) in [6.07, 6.45) is 4.47.